The van der Waals surface area contributed by atoms with Crippen LogP contribution in [0, 0.1) is 5.82 Å². The van der Waals surface area contributed by atoms with Crippen molar-refractivity contribution in [1.82, 2.24) is 4.90 Å². The number of piperidine rings is 1. The van der Waals surface area contributed by atoms with Crippen LogP contribution in [0.2, 0.25) is 0 Å². The third-order valence-corrected chi connectivity index (χ3v) is 4.16. The number of nitrogens with two attached hydrogens (primary N) is 1. The van der Waals surface area contributed by atoms with Gasteiger partial charge in [-0.3, -0.25) is 9.69 Å². The van der Waals surface area contributed by atoms with Crippen LogP contribution >= 0.6 is 0 Å². The normalized spacial score (nSPS) is 20.0. The Morgan fingerprint density at radius 3 is 2.95 bits per heavy atom. The average Bonchev–Trinajstić information content (AvgIpc) is 2.47. The zero-order valence-electron chi connectivity index (χ0n) is 12.1. The third kappa shape index (κ3) is 3.57. The summed E-state index contributed by atoms with van der Waals surface area (Å²) < 4.78 is 13.1. The summed E-state index contributed by atoms with van der Waals surface area (Å²) in [5.74, 6) is -0.430. The SMILES string of the molecule is CCC1CCCCN1CCC(=O)c1ccc(F)c(N)c1. The molecular formula is C16H23FN2O. The van der Waals surface area contributed by atoms with E-state index in [0.717, 1.165) is 19.5 Å². The Morgan fingerprint density at radius 2 is 2.25 bits per heavy atom. The van der Waals surface area contributed by atoms with Crippen LogP contribution in [0.15, 0.2) is 18.2 Å². The van der Waals surface area contributed by atoms with Crippen molar-refractivity contribution in [1.29, 1.82) is 0 Å². The van der Waals surface area contributed by atoms with Gasteiger partial charge in [-0.15, -0.1) is 0 Å². The number of carbonyl (C=O) groups excluding carboxylic acids is 1. The fourth-order valence-corrected chi connectivity index (χ4v) is 2.92. The summed E-state index contributed by atoms with van der Waals surface area (Å²) in [6.45, 7) is 4.07. The van der Waals surface area contributed by atoms with Gasteiger partial charge >= 0.3 is 0 Å². The van der Waals surface area contributed by atoms with Crippen LogP contribution < -0.4 is 5.73 Å². The van der Waals surface area contributed by atoms with Gasteiger partial charge in [0.05, 0.1) is 5.69 Å². The molecular weight excluding hydrogens is 255 g/mol. The summed E-state index contributed by atoms with van der Waals surface area (Å²) in [6.07, 6.45) is 5.35. The predicted molar refractivity (Wildman–Crippen MR) is 79.3 cm³/mol. The minimum Gasteiger partial charge on any atom is -0.396 e. The van der Waals surface area contributed by atoms with Crippen molar-refractivity contribution in [3.8, 4) is 0 Å². The molecule has 0 spiro atoms. The Bertz CT molecular complexity index is 476. The van der Waals surface area contributed by atoms with E-state index in [9.17, 15) is 9.18 Å². The van der Waals surface area contributed by atoms with Gasteiger partial charge in [-0.25, -0.2) is 4.39 Å². The number of nitrogens with zero attached hydrogens (tertiary/aromatic N) is 1. The number of anilines is 1. The van der Waals surface area contributed by atoms with Gasteiger partial charge in [-0.05, 0) is 44.0 Å². The smallest absolute Gasteiger partial charge is 0.164 e. The van der Waals surface area contributed by atoms with Gasteiger partial charge in [0.25, 0.3) is 0 Å². The highest BCUT2D eigenvalue weighted by molar-refractivity contribution is 5.96. The van der Waals surface area contributed by atoms with Crippen molar-refractivity contribution < 1.29 is 9.18 Å². The Kier molecular flexibility index (Phi) is 5.12. The van der Waals surface area contributed by atoms with Crippen molar-refractivity contribution in [2.75, 3.05) is 18.8 Å². The lowest BCUT2D eigenvalue weighted by Crippen LogP contribution is -2.40. The molecule has 0 saturated carbocycles. The van der Waals surface area contributed by atoms with E-state index in [1.165, 1.54) is 37.5 Å². The highest BCUT2D eigenvalue weighted by Gasteiger charge is 2.21. The number of hydrogen-bond acceptors (Lipinski definition) is 3. The highest BCUT2D eigenvalue weighted by Crippen LogP contribution is 2.20. The number of halogens is 1. The van der Waals surface area contributed by atoms with Gasteiger partial charge in [0.1, 0.15) is 5.82 Å². The van der Waals surface area contributed by atoms with Crippen LogP contribution in [0.3, 0.4) is 0 Å². The van der Waals surface area contributed by atoms with Crippen LogP contribution in [-0.4, -0.2) is 29.8 Å². The summed E-state index contributed by atoms with van der Waals surface area (Å²) >= 11 is 0. The van der Waals surface area contributed by atoms with Gasteiger partial charge in [0.15, 0.2) is 5.78 Å². The number of benzene rings is 1. The first-order valence-corrected chi connectivity index (χ1v) is 7.44. The molecule has 1 aliphatic heterocycles. The van der Waals surface area contributed by atoms with Crippen LogP contribution in [-0.2, 0) is 0 Å². The summed E-state index contributed by atoms with van der Waals surface area (Å²) in [4.78, 5) is 14.6. The molecule has 110 valence electrons. The maximum absolute atomic E-state index is 13.1. The Hall–Kier alpha value is -1.42. The summed E-state index contributed by atoms with van der Waals surface area (Å²) in [6, 6.07) is 4.82. The van der Waals surface area contributed by atoms with E-state index in [1.807, 2.05) is 0 Å². The maximum Gasteiger partial charge on any atom is 0.164 e. The molecule has 0 radical (unpaired) electrons. The lowest BCUT2D eigenvalue weighted by atomic mass is 9.99. The predicted octanol–water partition coefficient (Wildman–Crippen LogP) is 3.25. The van der Waals surface area contributed by atoms with Crippen LogP contribution in [0.1, 0.15) is 49.4 Å². The molecule has 2 N–H and O–H groups in total. The van der Waals surface area contributed by atoms with E-state index in [-0.39, 0.29) is 11.5 Å². The summed E-state index contributed by atoms with van der Waals surface area (Å²) in [7, 11) is 0. The molecule has 0 aromatic heterocycles. The van der Waals surface area contributed by atoms with Crippen molar-refractivity contribution in [2.45, 2.75) is 45.1 Å². The van der Waals surface area contributed by atoms with Gasteiger partial charge in [-0.1, -0.05) is 13.3 Å². The number of ketones is 1. The average molecular weight is 278 g/mol. The number of carbonyl (C=O) groups is 1. The molecule has 0 aliphatic carbocycles. The van der Waals surface area contributed by atoms with E-state index in [4.69, 9.17) is 5.73 Å². The van der Waals surface area contributed by atoms with Crippen LogP contribution in [0.4, 0.5) is 10.1 Å². The molecule has 0 bridgehead atoms. The number of hydrogen-bond donors (Lipinski definition) is 1. The van der Waals surface area contributed by atoms with Crippen molar-refractivity contribution in [3.63, 3.8) is 0 Å². The standard InChI is InChI=1S/C16H23FN2O/c1-2-13-5-3-4-9-19(13)10-8-16(20)12-6-7-14(17)15(18)11-12/h6-7,11,13H,2-5,8-10,18H2,1H3. The largest absolute Gasteiger partial charge is 0.396 e. The maximum atomic E-state index is 13.1. The lowest BCUT2D eigenvalue weighted by Gasteiger charge is -2.35. The zero-order chi connectivity index (χ0) is 14.5. The molecule has 3 nitrogen and oxygen atoms in total. The Balaban J connectivity index is 1.92. The van der Waals surface area contributed by atoms with Crippen molar-refractivity contribution in [3.05, 3.63) is 29.6 Å². The third-order valence-electron chi connectivity index (χ3n) is 4.16. The fraction of sp³-hybridized carbons (Fsp3) is 0.562. The monoisotopic (exact) mass is 278 g/mol. The molecule has 1 aromatic carbocycles. The van der Waals surface area contributed by atoms with Crippen LogP contribution in [0.5, 0.6) is 0 Å². The molecule has 1 aromatic rings. The molecule has 4 heteroatoms. The quantitative estimate of drug-likeness (QED) is 0.664. The number of rotatable bonds is 5. The number of likely N-dealkylation sites (tertiary alicyclic amines) is 1. The molecule has 1 unspecified atom stereocenters. The van der Waals surface area contributed by atoms with E-state index >= 15 is 0 Å². The second-order valence-electron chi connectivity index (χ2n) is 5.50. The zero-order valence-corrected chi connectivity index (χ0v) is 12.1. The first kappa shape index (κ1) is 15.0. The minimum atomic E-state index is -0.469. The van der Waals surface area contributed by atoms with Crippen molar-refractivity contribution in [2.24, 2.45) is 0 Å². The molecule has 1 saturated heterocycles. The van der Waals surface area contributed by atoms with Crippen LogP contribution in [0.25, 0.3) is 0 Å². The first-order valence-electron chi connectivity index (χ1n) is 7.44. The van der Waals surface area contributed by atoms with Gasteiger partial charge < -0.3 is 5.73 Å². The molecule has 1 fully saturated rings. The van der Waals surface area contributed by atoms with E-state index in [1.54, 1.807) is 0 Å². The topological polar surface area (TPSA) is 46.3 Å². The molecule has 1 aliphatic rings. The molecule has 0 amide bonds. The summed E-state index contributed by atoms with van der Waals surface area (Å²) in [5.41, 5.74) is 6.05. The number of Topliss-reactive ketones (excluding diaryl/α,β-unsaturated/α-hetero) is 1. The molecule has 20 heavy (non-hydrogen) atoms. The summed E-state index contributed by atoms with van der Waals surface area (Å²) in [5, 5.41) is 0. The molecule has 2 rings (SSSR count). The first-order chi connectivity index (χ1) is 9.61. The van der Waals surface area contributed by atoms with E-state index in [0.29, 0.717) is 18.0 Å². The second-order valence-corrected chi connectivity index (χ2v) is 5.50. The van der Waals surface area contributed by atoms with Gasteiger partial charge in [-0.2, -0.15) is 0 Å². The highest BCUT2D eigenvalue weighted by atomic mass is 19.1. The molecule has 1 heterocycles. The van der Waals surface area contributed by atoms with Gasteiger partial charge in [0.2, 0.25) is 0 Å². The van der Waals surface area contributed by atoms with Gasteiger partial charge in [0, 0.05) is 24.6 Å². The molecule has 1 atom stereocenters. The fourth-order valence-electron chi connectivity index (χ4n) is 2.92. The Labute approximate surface area is 120 Å². The lowest BCUT2D eigenvalue weighted by molar-refractivity contribution is 0.0923. The minimum absolute atomic E-state index is 0.0390. The second kappa shape index (κ2) is 6.84. The van der Waals surface area contributed by atoms with Crippen molar-refractivity contribution >= 4 is 11.5 Å². The number of nitrogen functional groups attached to an aromatic ring is 1. The Morgan fingerprint density at radius 1 is 1.45 bits per heavy atom. The van der Waals surface area contributed by atoms with E-state index < -0.39 is 5.82 Å². The van der Waals surface area contributed by atoms with E-state index in [2.05, 4.69) is 11.8 Å².